The van der Waals surface area contributed by atoms with E-state index in [-0.39, 0.29) is 24.6 Å². The number of carboxylic acid groups (broad SMARTS) is 1. The third-order valence-electron chi connectivity index (χ3n) is 4.52. The van der Waals surface area contributed by atoms with Crippen LogP contribution in [0.25, 0.3) is 0 Å². The second-order valence-electron chi connectivity index (χ2n) is 6.44. The highest BCUT2D eigenvalue weighted by Gasteiger charge is 2.38. The number of carboxylic acids is 1. The van der Waals surface area contributed by atoms with Crippen molar-refractivity contribution in [2.75, 3.05) is 11.4 Å². The lowest BCUT2D eigenvalue weighted by atomic mass is 10.1. The molecule has 2 aliphatic rings. The molecule has 3 rings (SSSR count). The maximum absolute atomic E-state index is 13.8. The second kappa shape index (κ2) is 6.59. The van der Waals surface area contributed by atoms with Crippen LogP contribution in [0.4, 0.5) is 10.1 Å². The Kier molecular flexibility index (Phi) is 4.51. The highest BCUT2D eigenvalue weighted by molar-refractivity contribution is 6.00. The van der Waals surface area contributed by atoms with E-state index in [1.54, 1.807) is 6.07 Å². The second-order valence-corrected chi connectivity index (χ2v) is 6.44. The van der Waals surface area contributed by atoms with Crippen molar-refractivity contribution in [2.45, 2.75) is 31.7 Å². The van der Waals surface area contributed by atoms with E-state index in [2.05, 4.69) is 5.32 Å². The fraction of sp³-hybridized carbons (Fsp3) is 0.471. The predicted molar refractivity (Wildman–Crippen MR) is 83.8 cm³/mol. The minimum Gasteiger partial charge on any atom is -0.480 e. The van der Waals surface area contributed by atoms with E-state index in [0.29, 0.717) is 12.3 Å². The van der Waals surface area contributed by atoms with Crippen molar-refractivity contribution >= 4 is 23.5 Å². The van der Waals surface area contributed by atoms with Gasteiger partial charge < -0.3 is 15.3 Å². The van der Waals surface area contributed by atoms with Gasteiger partial charge in [-0.3, -0.25) is 9.59 Å². The van der Waals surface area contributed by atoms with Gasteiger partial charge in [0.15, 0.2) is 0 Å². The first-order valence-electron chi connectivity index (χ1n) is 8.03. The molecule has 1 aromatic carbocycles. The Bertz CT molecular complexity index is 674. The molecular formula is C17H19FN2O4. The molecule has 0 radical (unpaired) electrons. The lowest BCUT2D eigenvalue weighted by molar-refractivity contribution is -0.142. The maximum atomic E-state index is 13.8. The Balaban J connectivity index is 1.65. The maximum Gasteiger partial charge on any atom is 0.326 e. The van der Waals surface area contributed by atoms with Gasteiger partial charge in [-0.05, 0) is 24.5 Å². The zero-order chi connectivity index (χ0) is 17.3. The van der Waals surface area contributed by atoms with E-state index in [4.69, 9.17) is 0 Å². The third kappa shape index (κ3) is 3.55. The van der Waals surface area contributed by atoms with Gasteiger partial charge in [0, 0.05) is 13.0 Å². The van der Waals surface area contributed by atoms with Crippen molar-refractivity contribution in [3.8, 4) is 0 Å². The molecule has 128 valence electrons. The molecule has 0 bridgehead atoms. The van der Waals surface area contributed by atoms with E-state index in [1.807, 2.05) is 0 Å². The number of halogens is 1. The number of benzene rings is 1. The van der Waals surface area contributed by atoms with Gasteiger partial charge >= 0.3 is 5.97 Å². The summed E-state index contributed by atoms with van der Waals surface area (Å²) in [7, 11) is 0. The number of nitrogens with zero attached hydrogens (tertiary/aromatic N) is 1. The van der Waals surface area contributed by atoms with Crippen molar-refractivity contribution in [1.82, 2.24) is 5.32 Å². The Labute approximate surface area is 138 Å². The Hall–Kier alpha value is -2.44. The molecule has 1 saturated carbocycles. The quantitative estimate of drug-likeness (QED) is 0.826. The van der Waals surface area contributed by atoms with Crippen LogP contribution in [0.2, 0.25) is 0 Å². The monoisotopic (exact) mass is 334 g/mol. The molecule has 24 heavy (non-hydrogen) atoms. The highest BCUT2D eigenvalue weighted by Crippen LogP contribution is 2.34. The average Bonchev–Trinajstić information content (AvgIpc) is 3.27. The van der Waals surface area contributed by atoms with E-state index in [0.717, 1.165) is 12.8 Å². The smallest absolute Gasteiger partial charge is 0.326 e. The largest absolute Gasteiger partial charge is 0.480 e. The number of para-hydroxylation sites is 1. The Morgan fingerprint density at radius 1 is 1.33 bits per heavy atom. The summed E-state index contributed by atoms with van der Waals surface area (Å²) in [6, 6.07) is 4.96. The van der Waals surface area contributed by atoms with Crippen LogP contribution in [-0.2, 0) is 14.4 Å². The van der Waals surface area contributed by atoms with Crippen molar-refractivity contribution in [3.63, 3.8) is 0 Å². The number of nitrogens with one attached hydrogen (secondary N) is 1. The van der Waals surface area contributed by atoms with E-state index in [9.17, 15) is 23.9 Å². The number of carbonyl (C=O) groups excluding carboxylic acids is 2. The van der Waals surface area contributed by atoms with Gasteiger partial charge in [0.25, 0.3) is 0 Å². The molecule has 1 aliphatic heterocycles. The van der Waals surface area contributed by atoms with Gasteiger partial charge in [0.05, 0.1) is 11.6 Å². The minimum atomic E-state index is -1.06. The molecule has 0 aromatic heterocycles. The summed E-state index contributed by atoms with van der Waals surface area (Å²) in [5.74, 6) is -2.70. The summed E-state index contributed by atoms with van der Waals surface area (Å²) in [4.78, 5) is 36.9. The van der Waals surface area contributed by atoms with E-state index >= 15 is 0 Å². The molecule has 1 heterocycles. The number of carbonyl (C=O) groups is 3. The molecule has 0 spiro atoms. The lowest BCUT2D eigenvalue weighted by Crippen LogP contribution is -2.44. The van der Waals surface area contributed by atoms with Crippen molar-refractivity contribution in [3.05, 3.63) is 30.1 Å². The van der Waals surface area contributed by atoms with Gasteiger partial charge in [-0.25, -0.2) is 9.18 Å². The zero-order valence-electron chi connectivity index (χ0n) is 13.1. The van der Waals surface area contributed by atoms with Gasteiger partial charge in [-0.1, -0.05) is 25.0 Å². The van der Waals surface area contributed by atoms with Crippen LogP contribution in [0.5, 0.6) is 0 Å². The fourth-order valence-corrected chi connectivity index (χ4v) is 2.98. The molecule has 2 amide bonds. The zero-order valence-corrected chi connectivity index (χ0v) is 13.1. The predicted octanol–water partition coefficient (Wildman–Crippen LogP) is 1.55. The molecule has 1 saturated heterocycles. The van der Waals surface area contributed by atoms with Crippen LogP contribution in [-0.4, -0.2) is 35.5 Å². The van der Waals surface area contributed by atoms with Crippen molar-refractivity contribution in [2.24, 2.45) is 11.8 Å². The summed E-state index contributed by atoms with van der Waals surface area (Å²) in [5.41, 5.74) is 0.144. The van der Waals surface area contributed by atoms with Gasteiger partial charge in [0.2, 0.25) is 11.8 Å². The van der Waals surface area contributed by atoms with Crippen LogP contribution in [0.3, 0.4) is 0 Å². The third-order valence-corrected chi connectivity index (χ3v) is 4.52. The Morgan fingerprint density at radius 2 is 2.04 bits per heavy atom. The highest BCUT2D eigenvalue weighted by atomic mass is 19.1. The molecule has 6 nitrogen and oxygen atoms in total. The summed E-state index contributed by atoms with van der Waals surface area (Å²) in [6.45, 7) is 0.0569. The molecule has 2 atom stereocenters. The normalized spacial score (nSPS) is 21.6. The van der Waals surface area contributed by atoms with Gasteiger partial charge in [-0.15, -0.1) is 0 Å². The van der Waals surface area contributed by atoms with Crippen molar-refractivity contribution in [1.29, 1.82) is 0 Å². The van der Waals surface area contributed by atoms with Crippen molar-refractivity contribution < 1.29 is 23.9 Å². The Morgan fingerprint density at radius 3 is 2.67 bits per heavy atom. The number of amides is 2. The first-order chi connectivity index (χ1) is 11.5. The van der Waals surface area contributed by atoms with Crippen LogP contribution in [0.1, 0.15) is 25.7 Å². The average molecular weight is 334 g/mol. The first-order valence-corrected chi connectivity index (χ1v) is 8.03. The molecule has 2 N–H and O–H groups in total. The summed E-state index contributed by atoms with van der Waals surface area (Å²) < 4.78 is 13.8. The molecule has 1 aliphatic carbocycles. The summed E-state index contributed by atoms with van der Waals surface area (Å²) in [6.07, 6.45) is 2.35. The minimum absolute atomic E-state index is 0.0457. The number of aliphatic carboxylic acids is 1. The van der Waals surface area contributed by atoms with Crippen LogP contribution in [0, 0.1) is 17.7 Å². The van der Waals surface area contributed by atoms with E-state index < -0.39 is 29.7 Å². The topological polar surface area (TPSA) is 86.7 Å². The summed E-state index contributed by atoms with van der Waals surface area (Å²) in [5, 5.41) is 11.7. The SMILES string of the molecule is O=C(NC(CC1CC1)C(=O)O)C1CC(=O)N(c2ccccc2F)C1. The van der Waals surface area contributed by atoms with Crippen LogP contribution >= 0.6 is 0 Å². The number of hydrogen-bond acceptors (Lipinski definition) is 3. The first kappa shape index (κ1) is 16.4. The van der Waals surface area contributed by atoms with Gasteiger partial charge in [-0.2, -0.15) is 0 Å². The van der Waals surface area contributed by atoms with Gasteiger partial charge in [0.1, 0.15) is 11.9 Å². The lowest BCUT2D eigenvalue weighted by Gasteiger charge is -2.19. The number of hydrogen-bond donors (Lipinski definition) is 2. The molecule has 7 heteroatoms. The standard InChI is InChI=1S/C17H19FN2O4/c18-12-3-1-2-4-14(12)20-9-11(8-15(20)21)16(22)19-13(17(23)24)7-10-5-6-10/h1-4,10-11,13H,5-9H2,(H,19,22)(H,23,24). The van der Waals surface area contributed by atoms with Crippen LogP contribution < -0.4 is 10.2 Å². The molecular weight excluding hydrogens is 315 g/mol. The number of rotatable bonds is 6. The molecule has 2 fully saturated rings. The molecule has 2 unspecified atom stereocenters. The van der Waals surface area contributed by atoms with E-state index in [1.165, 1.54) is 23.1 Å². The molecule has 1 aromatic rings. The number of anilines is 1. The fourth-order valence-electron chi connectivity index (χ4n) is 2.98. The van der Waals surface area contributed by atoms with Crippen LogP contribution in [0.15, 0.2) is 24.3 Å². The summed E-state index contributed by atoms with van der Waals surface area (Å²) >= 11 is 0.